The standard InChI is InChI=1S/C60H86N10O10/c1-37(61-3)55(73)65-53(41-17-9-18-41)59(77)69-35-43(33-49(69)57(75)63-47-23-11-15-39-13-5-7-21-45(39)47)79-31-25-51(71)67-27-29-68(30-28-67)52(72)26-32-80-44-34-50(58(76)64-48-24-12-16-40-14-6-8-22-46(40)48)70(36-44)60(78)54(42-19-10-20-42)66-56(74)38(2)62-4/h5-8,13-14,21-22,37-38,41-44,47-50,53-54,61-62H,9-12,15-20,23-36H2,1-4H3,(H,63,75)(H,64,76)(H,65,73)(H,66,74)/t37-,38-,43-,44-,47+,48+,49-,50-,53?,54?/m0/s1. The van der Waals surface area contributed by atoms with Crippen LogP contribution in [0.15, 0.2) is 48.5 Å². The van der Waals surface area contributed by atoms with Gasteiger partial charge in [0.25, 0.3) is 0 Å². The minimum Gasteiger partial charge on any atom is -0.376 e. The first-order chi connectivity index (χ1) is 38.7. The lowest BCUT2D eigenvalue weighted by Crippen LogP contribution is -2.59. The molecule has 0 bridgehead atoms. The number of ether oxygens (including phenoxy) is 2. The molecule has 3 heterocycles. The van der Waals surface area contributed by atoms with Crippen LogP contribution in [0, 0.1) is 11.8 Å². The normalized spacial score (nSPS) is 25.4. The van der Waals surface area contributed by atoms with Crippen molar-refractivity contribution in [3.8, 4) is 0 Å². The number of amides is 8. The lowest BCUT2D eigenvalue weighted by Gasteiger charge is -2.37. The molecule has 5 fully saturated rings. The Morgan fingerprint density at radius 1 is 0.537 bits per heavy atom. The van der Waals surface area contributed by atoms with Crippen molar-refractivity contribution in [3.05, 3.63) is 70.8 Å². The minimum absolute atomic E-state index is 0.0296. The van der Waals surface area contributed by atoms with E-state index in [2.05, 4.69) is 56.2 Å². The predicted molar refractivity (Wildman–Crippen MR) is 298 cm³/mol. The van der Waals surface area contributed by atoms with Gasteiger partial charge in [0.05, 0.1) is 62.4 Å². The topological polar surface area (TPSA) is 240 Å². The first-order valence-electron chi connectivity index (χ1n) is 29.8. The molecule has 3 saturated heterocycles. The van der Waals surface area contributed by atoms with Crippen molar-refractivity contribution in [2.45, 2.75) is 177 Å². The number of hydrogen-bond acceptors (Lipinski definition) is 12. The van der Waals surface area contributed by atoms with E-state index in [1.54, 1.807) is 47.5 Å². The van der Waals surface area contributed by atoms with Crippen LogP contribution in [0.2, 0.25) is 0 Å². The molecule has 2 unspecified atom stereocenters. The van der Waals surface area contributed by atoms with E-state index >= 15 is 0 Å². The van der Waals surface area contributed by atoms with Crippen molar-refractivity contribution in [2.24, 2.45) is 11.8 Å². The highest BCUT2D eigenvalue weighted by Gasteiger charge is 2.48. The zero-order chi connectivity index (χ0) is 56.5. The van der Waals surface area contributed by atoms with Crippen molar-refractivity contribution in [1.82, 2.24) is 51.5 Å². The number of fused-ring (bicyclic) bond motifs is 2. The lowest BCUT2D eigenvalue weighted by atomic mass is 9.79. The van der Waals surface area contributed by atoms with Crippen LogP contribution in [0.25, 0.3) is 0 Å². The molecule has 20 nitrogen and oxygen atoms in total. The molecule has 20 heteroatoms. The largest absolute Gasteiger partial charge is 0.376 e. The second-order valence-corrected chi connectivity index (χ2v) is 23.4. The molecule has 436 valence electrons. The summed E-state index contributed by atoms with van der Waals surface area (Å²) in [6, 6.07) is 11.7. The Hall–Kier alpha value is -5.96. The van der Waals surface area contributed by atoms with E-state index in [-0.39, 0.29) is 123 Å². The molecule has 4 aliphatic carbocycles. The molecule has 10 atom stereocenters. The molecule has 3 aliphatic heterocycles. The summed E-state index contributed by atoms with van der Waals surface area (Å²) in [7, 11) is 3.39. The highest BCUT2D eigenvalue weighted by Crippen LogP contribution is 2.36. The number of benzene rings is 2. The predicted octanol–water partition coefficient (Wildman–Crippen LogP) is 2.58. The van der Waals surface area contributed by atoms with Crippen molar-refractivity contribution in [3.63, 3.8) is 0 Å². The van der Waals surface area contributed by atoms with Crippen molar-refractivity contribution >= 4 is 47.3 Å². The third-order valence-electron chi connectivity index (χ3n) is 18.4. The molecule has 2 aromatic carbocycles. The van der Waals surface area contributed by atoms with Gasteiger partial charge in [0.1, 0.15) is 24.2 Å². The zero-order valence-electron chi connectivity index (χ0n) is 47.4. The van der Waals surface area contributed by atoms with E-state index in [9.17, 15) is 38.4 Å². The van der Waals surface area contributed by atoms with Crippen LogP contribution in [-0.2, 0) is 60.7 Å². The van der Waals surface area contributed by atoms with Crippen LogP contribution in [0.4, 0.5) is 0 Å². The van der Waals surface area contributed by atoms with Crippen LogP contribution in [0.5, 0.6) is 0 Å². The van der Waals surface area contributed by atoms with Crippen molar-refractivity contribution in [2.75, 3.05) is 66.6 Å². The van der Waals surface area contributed by atoms with Gasteiger partial charge in [0.15, 0.2) is 0 Å². The van der Waals surface area contributed by atoms with Gasteiger partial charge >= 0.3 is 0 Å². The van der Waals surface area contributed by atoms with Gasteiger partial charge in [-0.25, -0.2) is 0 Å². The summed E-state index contributed by atoms with van der Waals surface area (Å²) in [5.74, 6) is -1.96. The molecule has 7 aliphatic rings. The summed E-state index contributed by atoms with van der Waals surface area (Å²) in [6.07, 6.45) is 10.1. The van der Waals surface area contributed by atoms with Crippen LogP contribution in [-0.4, -0.2) is 182 Å². The van der Waals surface area contributed by atoms with Gasteiger partial charge in [-0.2, -0.15) is 0 Å². The number of nitrogens with one attached hydrogen (secondary N) is 6. The molecule has 2 aromatic rings. The van der Waals surface area contributed by atoms with Gasteiger partial charge < -0.3 is 61.0 Å². The fourth-order valence-electron chi connectivity index (χ4n) is 12.8. The van der Waals surface area contributed by atoms with Gasteiger partial charge in [0, 0.05) is 52.1 Å². The Labute approximate surface area is 471 Å². The van der Waals surface area contributed by atoms with E-state index in [0.29, 0.717) is 26.2 Å². The van der Waals surface area contributed by atoms with E-state index in [4.69, 9.17) is 9.47 Å². The van der Waals surface area contributed by atoms with Crippen LogP contribution in [0.1, 0.15) is 138 Å². The lowest BCUT2D eigenvalue weighted by molar-refractivity contribution is -0.144. The van der Waals surface area contributed by atoms with Gasteiger partial charge in [0.2, 0.25) is 47.3 Å². The number of likely N-dealkylation sites (tertiary alicyclic amines) is 2. The number of carbonyl (C=O) groups is 8. The Balaban J connectivity index is 0.759. The van der Waals surface area contributed by atoms with Crippen LogP contribution < -0.4 is 31.9 Å². The molecular formula is C60H86N10O10. The van der Waals surface area contributed by atoms with Gasteiger partial charge in [-0.3, -0.25) is 38.4 Å². The summed E-state index contributed by atoms with van der Waals surface area (Å²) in [6.45, 7) is 5.33. The highest BCUT2D eigenvalue weighted by molar-refractivity contribution is 5.95. The maximum absolute atomic E-state index is 14.5. The SMILES string of the molecule is CN[C@@H](C)C(=O)NC(C(=O)N1C[C@@H](OCCC(=O)N2CCN(C(=O)CCO[C@H]3C[C@@H](C(=O)N[C@@H]4CCCc5ccccc54)N(C(=O)C(NC(=O)[C@H](C)NC)C4CCC4)C3)CC2)C[C@H]1C(=O)N[C@@H]1CCCc2ccccc21)C1CCC1. The molecular weight excluding hydrogens is 1020 g/mol. The van der Waals surface area contributed by atoms with Gasteiger partial charge in [-0.05, 0) is 126 Å². The third-order valence-corrected chi connectivity index (χ3v) is 18.4. The van der Waals surface area contributed by atoms with E-state index in [0.717, 1.165) is 88.2 Å². The number of hydrogen-bond donors (Lipinski definition) is 6. The number of rotatable bonds is 22. The first kappa shape index (κ1) is 58.7. The minimum atomic E-state index is -0.817. The zero-order valence-corrected chi connectivity index (χ0v) is 47.4. The molecule has 2 saturated carbocycles. The quantitative estimate of drug-likeness (QED) is 0.0998. The number of aryl methyl sites for hydroxylation is 2. The third kappa shape index (κ3) is 13.8. The maximum atomic E-state index is 14.5. The van der Waals surface area contributed by atoms with E-state index in [1.165, 1.54) is 11.1 Å². The maximum Gasteiger partial charge on any atom is 0.246 e. The molecule has 0 aromatic heterocycles. The summed E-state index contributed by atoms with van der Waals surface area (Å²) in [5, 5.41) is 18.4. The number of likely N-dealkylation sites (N-methyl/N-ethyl adjacent to an activating group) is 2. The molecule has 0 radical (unpaired) electrons. The Bertz CT molecular complexity index is 2380. The van der Waals surface area contributed by atoms with E-state index in [1.807, 2.05) is 24.3 Å². The summed E-state index contributed by atoms with van der Waals surface area (Å²) in [4.78, 5) is 118. The first-order valence-corrected chi connectivity index (χ1v) is 29.8. The summed E-state index contributed by atoms with van der Waals surface area (Å²) in [5.41, 5.74) is 4.59. The average molecular weight is 1110 g/mol. The van der Waals surface area contributed by atoms with E-state index < -0.39 is 48.5 Å². The van der Waals surface area contributed by atoms with Gasteiger partial charge in [-0.1, -0.05) is 61.4 Å². The van der Waals surface area contributed by atoms with Crippen molar-refractivity contribution in [1.29, 1.82) is 0 Å². The summed E-state index contributed by atoms with van der Waals surface area (Å²) < 4.78 is 12.6. The Kier molecular flexibility index (Phi) is 20.0. The van der Waals surface area contributed by atoms with Crippen molar-refractivity contribution < 1.29 is 47.8 Å². The second-order valence-electron chi connectivity index (χ2n) is 23.4. The van der Waals surface area contributed by atoms with Gasteiger partial charge in [-0.15, -0.1) is 0 Å². The number of carbonyl (C=O) groups excluding carboxylic acids is 8. The molecule has 9 rings (SSSR count). The molecule has 0 spiro atoms. The Morgan fingerprint density at radius 3 is 1.29 bits per heavy atom. The molecule has 8 amide bonds. The Morgan fingerprint density at radius 2 is 0.925 bits per heavy atom. The monoisotopic (exact) mass is 1110 g/mol. The number of nitrogens with zero attached hydrogens (tertiary/aromatic N) is 4. The molecule has 80 heavy (non-hydrogen) atoms. The second kappa shape index (κ2) is 27.2. The van der Waals surface area contributed by atoms with Crippen LogP contribution >= 0.6 is 0 Å². The fraction of sp³-hybridized carbons (Fsp3) is 0.667. The molecule has 6 N–H and O–H groups in total. The highest BCUT2D eigenvalue weighted by atomic mass is 16.5. The smallest absolute Gasteiger partial charge is 0.246 e. The fourth-order valence-corrected chi connectivity index (χ4v) is 12.8. The average Bonchev–Trinajstić information content (AvgIpc) is 4.10. The summed E-state index contributed by atoms with van der Waals surface area (Å²) >= 11 is 0. The number of piperazine rings is 1. The van der Waals surface area contributed by atoms with Crippen LogP contribution in [0.3, 0.4) is 0 Å².